The van der Waals surface area contributed by atoms with Gasteiger partial charge in [-0.15, -0.1) is 0 Å². The predicted molar refractivity (Wildman–Crippen MR) is 129 cm³/mol. The zero-order valence-corrected chi connectivity index (χ0v) is 20.8. The first-order valence-corrected chi connectivity index (χ1v) is 13.1. The van der Waals surface area contributed by atoms with Crippen molar-refractivity contribution in [2.24, 2.45) is 0 Å². The molecule has 3 rings (SSSR count). The van der Waals surface area contributed by atoms with Gasteiger partial charge in [-0.05, 0) is 38.5 Å². The summed E-state index contributed by atoms with van der Waals surface area (Å²) in [7, 11) is -3.65. The number of benzene rings is 2. The van der Waals surface area contributed by atoms with Gasteiger partial charge in [-0.3, -0.25) is 13.9 Å². The molecule has 11 heteroatoms. The van der Waals surface area contributed by atoms with E-state index in [0.29, 0.717) is 23.7 Å². The van der Waals surface area contributed by atoms with Crippen LogP contribution in [-0.4, -0.2) is 57.3 Å². The van der Waals surface area contributed by atoms with E-state index in [4.69, 9.17) is 9.47 Å². The highest BCUT2D eigenvalue weighted by atomic mass is 32.2. The number of halogens is 1. The number of fused-ring (bicyclic) bond motifs is 1. The average Bonchev–Trinajstić information content (AvgIpc) is 3.28. The third kappa shape index (κ3) is 6.62. The van der Waals surface area contributed by atoms with Crippen molar-refractivity contribution in [3.63, 3.8) is 0 Å². The highest BCUT2D eigenvalue weighted by molar-refractivity contribution is 7.92. The lowest BCUT2D eigenvalue weighted by atomic mass is 10.1. The fourth-order valence-corrected chi connectivity index (χ4v) is 4.72. The molecule has 2 amide bonds. The van der Waals surface area contributed by atoms with Gasteiger partial charge in [0.25, 0.3) is 0 Å². The number of hydrogen-bond acceptors (Lipinski definition) is 6. The average molecular weight is 508 g/mol. The number of likely N-dealkylation sites (N-methyl/N-ethyl adjacent to an activating group) is 1. The van der Waals surface area contributed by atoms with Crippen LogP contribution in [0.5, 0.6) is 11.5 Å². The number of rotatable bonds is 11. The zero-order valence-electron chi connectivity index (χ0n) is 20.0. The van der Waals surface area contributed by atoms with E-state index in [0.717, 1.165) is 6.26 Å². The van der Waals surface area contributed by atoms with Gasteiger partial charge in [0.1, 0.15) is 11.9 Å². The standard InChI is InChI=1S/C24H30FN3O6S/c1-4-26-24(30)17(2)27(15-18-8-5-6-9-20(18)25)23(29)10-7-13-28(35(3,31)32)19-11-12-21-22(14-19)34-16-33-21/h5-6,8-9,11-12,14,17H,4,7,10,13,15-16H2,1-3H3,(H,26,30). The Labute approximate surface area is 204 Å². The summed E-state index contributed by atoms with van der Waals surface area (Å²) in [5.74, 6) is -0.236. The van der Waals surface area contributed by atoms with Crippen molar-refractivity contribution in [1.82, 2.24) is 10.2 Å². The van der Waals surface area contributed by atoms with Crippen LogP contribution in [0.2, 0.25) is 0 Å². The van der Waals surface area contributed by atoms with Gasteiger partial charge in [-0.1, -0.05) is 18.2 Å². The number of ether oxygens (including phenoxy) is 2. The molecule has 0 aliphatic carbocycles. The molecule has 35 heavy (non-hydrogen) atoms. The van der Waals surface area contributed by atoms with E-state index in [1.54, 1.807) is 50.2 Å². The van der Waals surface area contributed by atoms with Gasteiger partial charge in [0, 0.05) is 37.7 Å². The minimum Gasteiger partial charge on any atom is -0.454 e. The maximum Gasteiger partial charge on any atom is 0.242 e. The van der Waals surface area contributed by atoms with Crippen LogP contribution in [0.25, 0.3) is 0 Å². The summed E-state index contributed by atoms with van der Waals surface area (Å²) in [5, 5.41) is 2.68. The normalized spacial score (nSPS) is 13.3. The van der Waals surface area contributed by atoms with Crippen LogP contribution < -0.4 is 19.1 Å². The number of hydrogen-bond donors (Lipinski definition) is 1. The van der Waals surface area contributed by atoms with E-state index >= 15 is 0 Å². The second kappa shape index (κ2) is 11.4. The van der Waals surface area contributed by atoms with Crippen molar-refractivity contribution in [2.75, 3.05) is 30.4 Å². The van der Waals surface area contributed by atoms with Gasteiger partial charge in [-0.25, -0.2) is 12.8 Å². The van der Waals surface area contributed by atoms with Crippen molar-refractivity contribution in [2.45, 2.75) is 39.3 Å². The van der Waals surface area contributed by atoms with E-state index in [1.807, 2.05) is 0 Å². The van der Waals surface area contributed by atoms with Crippen LogP contribution in [0.3, 0.4) is 0 Å². The molecule has 2 aromatic rings. The first-order valence-electron chi connectivity index (χ1n) is 11.3. The molecule has 1 aliphatic heterocycles. The fourth-order valence-electron chi connectivity index (χ4n) is 3.76. The second-order valence-electron chi connectivity index (χ2n) is 8.16. The lowest BCUT2D eigenvalue weighted by Crippen LogP contribution is -2.47. The van der Waals surface area contributed by atoms with Crippen LogP contribution in [0, 0.1) is 5.82 Å². The first-order chi connectivity index (χ1) is 16.6. The molecule has 9 nitrogen and oxygen atoms in total. The number of nitrogens with zero attached hydrogens (tertiary/aromatic N) is 2. The van der Waals surface area contributed by atoms with Crippen LogP contribution in [0.1, 0.15) is 32.3 Å². The Hall–Kier alpha value is -3.34. The van der Waals surface area contributed by atoms with E-state index in [-0.39, 0.29) is 50.1 Å². The Morgan fingerprint density at radius 1 is 1.14 bits per heavy atom. The van der Waals surface area contributed by atoms with E-state index < -0.39 is 21.9 Å². The van der Waals surface area contributed by atoms with Gasteiger partial charge in [-0.2, -0.15) is 0 Å². The number of amides is 2. The van der Waals surface area contributed by atoms with Crippen molar-refractivity contribution >= 4 is 27.5 Å². The Balaban J connectivity index is 1.73. The molecule has 1 unspecified atom stereocenters. The summed E-state index contributed by atoms with van der Waals surface area (Å²) >= 11 is 0. The molecular formula is C24H30FN3O6S. The zero-order chi connectivity index (χ0) is 25.6. The summed E-state index contributed by atoms with van der Waals surface area (Å²) in [5.41, 5.74) is 0.679. The van der Waals surface area contributed by atoms with E-state index in [9.17, 15) is 22.4 Å². The molecule has 1 atom stereocenters. The monoisotopic (exact) mass is 507 g/mol. The second-order valence-corrected chi connectivity index (χ2v) is 10.1. The summed E-state index contributed by atoms with van der Waals surface area (Å²) in [6, 6.07) is 10.0. The van der Waals surface area contributed by atoms with Gasteiger partial charge < -0.3 is 19.7 Å². The van der Waals surface area contributed by atoms with Gasteiger partial charge in [0.15, 0.2) is 11.5 Å². The van der Waals surface area contributed by atoms with Crippen molar-refractivity contribution in [3.8, 4) is 11.5 Å². The van der Waals surface area contributed by atoms with Gasteiger partial charge in [0.05, 0.1) is 11.9 Å². The number of sulfonamides is 1. The molecule has 0 fully saturated rings. The Bertz CT molecular complexity index is 1170. The highest BCUT2D eigenvalue weighted by Gasteiger charge is 2.27. The molecule has 2 aromatic carbocycles. The molecule has 1 N–H and O–H groups in total. The Morgan fingerprint density at radius 2 is 1.86 bits per heavy atom. The molecule has 1 heterocycles. The number of nitrogens with one attached hydrogen (secondary N) is 1. The van der Waals surface area contributed by atoms with Crippen molar-refractivity contribution < 1.29 is 31.9 Å². The molecule has 190 valence electrons. The van der Waals surface area contributed by atoms with Gasteiger partial charge in [0.2, 0.25) is 28.6 Å². The quantitative estimate of drug-likeness (QED) is 0.501. The number of carbonyl (C=O) groups excluding carboxylic acids is 2. The molecule has 0 aromatic heterocycles. The third-order valence-electron chi connectivity index (χ3n) is 5.61. The minimum absolute atomic E-state index is 0.0330. The smallest absolute Gasteiger partial charge is 0.242 e. The summed E-state index contributed by atoms with van der Waals surface area (Å²) in [6.07, 6.45) is 1.24. The predicted octanol–water partition coefficient (Wildman–Crippen LogP) is 2.65. The van der Waals surface area contributed by atoms with Crippen LogP contribution in [0.4, 0.5) is 10.1 Å². The molecule has 0 spiro atoms. The van der Waals surface area contributed by atoms with Crippen molar-refractivity contribution in [1.29, 1.82) is 0 Å². The lowest BCUT2D eigenvalue weighted by Gasteiger charge is -2.29. The highest BCUT2D eigenvalue weighted by Crippen LogP contribution is 2.36. The fraction of sp³-hybridized carbons (Fsp3) is 0.417. The van der Waals surface area contributed by atoms with E-state index in [1.165, 1.54) is 15.3 Å². The lowest BCUT2D eigenvalue weighted by molar-refractivity contribution is -0.140. The SMILES string of the molecule is CCNC(=O)C(C)N(Cc1ccccc1F)C(=O)CCCN(c1ccc2c(c1)OCO2)S(C)(=O)=O. The topological polar surface area (TPSA) is 105 Å². The van der Waals surface area contributed by atoms with Gasteiger partial charge >= 0.3 is 0 Å². The maximum atomic E-state index is 14.3. The third-order valence-corrected chi connectivity index (χ3v) is 6.81. The van der Waals surface area contributed by atoms with Crippen LogP contribution in [-0.2, 0) is 26.2 Å². The maximum absolute atomic E-state index is 14.3. The molecule has 1 aliphatic rings. The largest absolute Gasteiger partial charge is 0.454 e. The van der Waals surface area contributed by atoms with Crippen LogP contribution >= 0.6 is 0 Å². The van der Waals surface area contributed by atoms with Crippen molar-refractivity contribution in [3.05, 3.63) is 53.8 Å². The van der Waals surface area contributed by atoms with E-state index in [2.05, 4.69) is 5.32 Å². The number of carbonyl (C=O) groups is 2. The molecule has 0 saturated carbocycles. The molecular weight excluding hydrogens is 477 g/mol. The summed E-state index contributed by atoms with van der Waals surface area (Å²) in [6.45, 7) is 3.76. The minimum atomic E-state index is -3.65. The summed E-state index contributed by atoms with van der Waals surface area (Å²) < 4.78 is 51.0. The molecule has 0 bridgehead atoms. The molecule has 0 radical (unpaired) electrons. The number of anilines is 1. The summed E-state index contributed by atoms with van der Waals surface area (Å²) in [4.78, 5) is 26.9. The Kier molecular flexibility index (Phi) is 8.55. The Morgan fingerprint density at radius 3 is 2.54 bits per heavy atom. The molecule has 0 saturated heterocycles. The van der Waals surface area contributed by atoms with Crippen LogP contribution in [0.15, 0.2) is 42.5 Å². The first kappa shape index (κ1) is 26.3.